The first kappa shape index (κ1) is 18.2. The van der Waals surface area contributed by atoms with Crippen molar-refractivity contribution in [1.82, 2.24) is 0 Å². The van der Waals surface area contributed by atoms with Crippen molar-refractivity contribution >= 4 is 23.6 Å². The third kappa shape index (κ3) is 4.25. The van der Waals surface area contributed by atoms with Crippen molar-refractivity contribution in [2.75, 3.05) is 6.07 Å². The summed E-state index contributed by atoms with van der Waals surface area (Å²) < 4.78 is 88.2. The van der Waals surface area contributed by atoms with Gasteiger partial charge in [0.15, 0.2) is 6.07 Å². The highest BCUT2D eigenvalue weighted by molar-refractivity contribution is 6.17. The molecule has 4 nitrogen and oxygen atoms in total. The minimum absolute atomic E-state index is 0.209. The van der Waals surface area contributed by atoms with E-state index in [0.717, 1.165) is 24.3 Å². The van der Waals surface area contributed by atoms with Gasteiger partial charge in [0.2, 0.25) is 6.10 Å². The molecule has 1 heterocycles. The van der Waals surface area contributed by atoms with Crippen molar-refractivity contribution in [2.45, 2.75) is 18.6 Å². The summed E-state index contributed by atoms with van der Waals surface area (Å²) >= 11 is 5.14. The van der Waals surface area contributed by atoms with Gasteiger partial charge < -0.3 is 14.2 Å². The Morgan fingerprint density at radius 1 is 1.21 bits per heavy atom. The summed E-state index contributed by atoms with van der Waals surface area (Å²) in [5.41, 5.74) is -1.15. The topological polar surface area (TPSA) is 44.8 Å². The minimum atomic E-state index is -4.98. The van der Waals surface area contributed by atoms with Gasteiger partial charge in [-0.15, -0.1) is 13.2 Å². The maximum absolute atomic E-state index is 13.0. The molecule has 0 unspecified atom stereocenters. The number of halogens is 7. The van der Waals surface area contributed by atoms with Crippen LogP contribution in [0.5, 0.6) is 11.5 Å². The largest absolute Gasteiger partial charge is 0.573 e. The van der Waals surface area contributed by atoms with Gasteiger partial charge in [-0.3, -0.25) is 0 Å². The summed E-state index contributed by atoms with van der Waals surface area (Å²) in [6.45, 7) is 0. The lowest BCUT2D eigenvalue weighted by atomic mass is 10.0. The van der Waals surface area contributed by atoms with Crippen LogP contribution in [-0.2, 0) is 9.53 Å². The van der Waals surface area contributed by atoms with Gasteiger partial charge in [0.1, 0.15) is 11.5 Å². The van der Waals surface area contributed by atoms with Crippen LogP contribution < -0.4 is 9.47 Å². The molecule has 24 heavy (non-hydrogen) atoms. The Morgan fingerprint density at radius 3 is 2.42 bits per heavy atom. The average molecular weight is 377 g/mol. The summed E-state index contributed by atoms with van der Waals surface area (Å²) in [4.78, 5) is 11.6. The zero-order valence-corrected chi connectivity index (χ0v) is 12.1. The number of carbonyl (C=O) groups is 1. The van der Waals surface area contributed by atoms with Crippen molar-refractivity contribution in [1.29, 1.82) is 0 Å². The molecule has 1 aliphatic rings. The molecule has 0 bridgehead atoms. The highest BCUT2D eigenvalue weighted by Crippen LogP contribution is 2.39. The highest BCUT2D eigenvalue weighted by Gasteiger charge is 2.49. The number of hydrogen-bond donors (Lipinski definition) is 0. The fourth-order valence-corrected chi connectivity index (χ4v) is 2.02. The van der Waals surface area contributed by atoms with Crippen molar-refractivity contribution < 1.29 is 45.3 Å². The Kier molecular flexibility index (Phi) is 4.88. The Hall–Kier alpha value is -2.10. The average Bonchev–Trinajstić information content (AvgIpc) is 2.43. The van der Waals surface area contributed by atoms with Crippen molar-refractivity contribution in [3.05, 3.63) is 29.3 Å². The quantitative estimate of drug-likeness (QED) is 0.454. The summed E-state index contributed by atoms with van der Waals surface area (Å²) in [5.74, 6) is -2.45. The third-order valence-corrected chi connectivity index (χ3v) is 2.88. The van der Waals surface area contributed by atoms with E-state index in [0.29, 0.717) is 0 Å². The van der Waals surface area contributed by atoms with E-state index >= 15 is 0 Å². The molecule has 1 aromatic carbocycles. The van der Waals surface area contributed by atoms with Gasteiger partial charge in [-0.2, -0.15) is 13.2 Å². The van der Waals surface area contributed by atoms with E-state index in [9.17, 15) is 31.1 Å². The molecule has 1 atom stereocenters. The second-order valence-corrected chi connectivity index (χ2v) is 4.65. The minimum Gasteiger partial charge on any atom is -0.475 e. The van der Waals surface area contributed by atoms with E-state index in [1.54, 1.807) is 0 Å². The maximum atomic E-state index is 13.0. The molecule has 0 radical (unpaired) electrons. The van der Waals surface area contributed by atoms with Crippen LogP contribution in [0.25, 0.3) is 6.08 Å². The van der Waals surface area contributed by atoms with Crippen LogP contribution in [0.1, 0.15) is 5.56 Å². The molecule has 0 aromatic heterocycles. The Bertz CT molecular complexity index is 667. The predicted octanol–water partition coefficient (Wildman–Crippen LogP) is 4.03. The molecule has 0 spiro atoms. The van der Waals surface area contributed by atoms with Gasteiger partial charge in [-0.1, -0.05) is 11.6 Å². The normalized spacial score (nSPS) is 17.5. The summed E-state index contributed by atoms with van der Waals surface area (Å²) in [7, 11) is 0. The van der Waals surface area contributed by atoms with Crippen LogP contribution in [0.15, 0.2) is 23.8 Å². The molecule has 132 valence electrons. The third-order valence-electron chi connectivity index (χ3n) is 2.77. The number of fused-ring (bicyclic) bond motifs is 1. The van der Waals surface area contributed by atoms with Gasteiger partial charge >= 0.3 is 18.5 Å². The molecule has 2 rings (SSSR count). The van der Waals surface area contributed by atoms with Crippen molar-refractivity contribution in [3.63, 3.8) is 0 Å². The monoisotopic (exact) mass is 376 g/mol. The van der Waals surface area contributed by atoms with Crippen LogP contribution in [0.4, 0.5) is 26.3 Å². The molecule has 0 fully saturated rings. The zero-order chi connectivity index (χ0) is 18.1. The molecule has 0 saturated heterocycles. The number of carbonyl (C=O) groups excluding carboxylic acids is 1. The first-order chi connectivity index (χ1) is 11.0. The van der Waals surface area contributed by atoms with E-state index in [1.807, 2.05) is 0 Å². The molecular weight excluding hydrogens is 370 g/mol. The number of esters is 1. The fourth-order valence-electron chi connectivity index (χ4n) is 1.92. The van der Waals surface area contributed by atoms with Crippen LogP contribution in [0, 0.1) is 0 Å². The lowest BCUT2D eigenvalue weighted by Gasteiger charge is -2.27. The van der Waals surface area contributed by atoms with E-state index in [-0.39, 0.29) is 11.3 Å². The number of benzene rings is 1. The van der Waals surface area contributed by atoms with E-state index in [1.165, 1.54) is 0 Å². The Labute approximate surface area is 135 Å². The summed E-state index contributed by atoms with van der Waals surface area (Å²) in [6, 6.07) is 1.74. The van der Waals surface area contributed by atoms with Crippen LogP contribution in [0.3, 0.4) is 0 Å². The standard InChI is InChI=1S/C13H7ClF6O4/c14-5-22-11(21)8-4-6-3-7(24-13(18,19)20)1-2-9(6)23-10(8)12(15,16)17/h1-4,10H,5H2/t10-/m0/s1. The molecule has 1 aliphatic heterocycles. The molecule has 0 saturated carbocycles. The number of alkyl halides is 7. The lowest BCUT2D eigenvalue weighted by molar-refractivity contribution is -0.274. The first-order valence-corrected chi connectivity index (χ1v) is 6.62. The van der Waals surface area contributed by atoms with Gasteiger partial charge in [0.05, 0.1) is 5.57 Å². The molecule has 0 aliphatic carbocycles. The zero-order valence-electron chi connectivity index (χ0n) is 11.4. The Balaban J connectivity index is 2.44. The van der Waals surface area contributed by atoms with Crippen LogP contribution >= 0.6 is 11.6 Å². The number of ether oxygens (including phenoxy) is 3. The SMILES string of the molecule is O=C(OCCl)C1=Cc2cc(OC(F)(F)F)ccc2O[C@@H]1C(F)(F)F. The molecule has 1 aromatic rings. The summed E-state index contributed by atoms with van der Waals surface area (Å²) in [6.07, 6.45) is -11.8. The highest BCUT2D eigenvalue weighted by atomic mass is 35.5. The Morgan fingerprint density at radius 2 is 1.88 bits per heavy atom. The van der Waals surface area contributed by atoms with Crippen LogP contribution in [0.2, 0.25) is 0 Å². The van der Waals surface area contributed by atoms with Gasteiger partial charge in [0.25, 0.3) is 0 Å². The van der Waals surface area contributed by atoms with E-state index < -0.39 is 42.0 Å². The smallest absolute Gasteiger partial charge is 0.475 e. The second kappa shape index (κ2) is 6.42. The second-order valence-electron chi connectivity index (χ2n) is 4.43. The van der Waals surface area contributed by atoms with Gasteiger partial charge in [-0.25, -0.2) is 4.79 Å². The van der Waals surface area contributed by atoms with E-state index in [2.05, 4.69) is 14.2 Å². The van der Waals surface area contributed by atoms with Gasteiger partial charge in [0, 0.05) is 5.56 Å². The molecule has 11 heteroatoms. The molecular formula is C13H7ClF6O4. The number of hydrogen-bond acceptors (Lipinski definition) is 4. The molecule has 0 N–H and O–H groups in total. The predicted molar refractivity (Wildman–Crippen MR) is 68.4 cm³/mol. The first-order valence-electron chi connectivity index (χ1n) is 6.09. The summed E-state index contributed by atoms with van der Waals surface area (Å²) in [5, 5.41) is 0. The lowest BCUT2D eigenvalue weighted by Crippen LogP contribution is -2.40. The van der Waals surface area contributed by atoms with Crippen molar-refractivity contribution in [2.24, 2.45) is 0 Å². The number of rotatable bonds is 3. The van der Waals surface area contributed by atoms with Crippen LogP contribution in [-0.4, -0.2) is 30.7 Å². The molecule has 0 amide bonds. The van der Waals surface area contributed by atoms with E-state index in [4.69, 9.17) is 11.6 Å². The van der Waals surface area contributed by atoms with Gasteiger partial charge in [-0.05, 0) is 24.3 Å². The fraction of sp³-hybridized carbons (Fsp3) is 0.308. The van der Waals surface area contributed by atoms with Crippen molar-refractivity contribution in [3.8, 4) is 11.5 Å². The maximum Gasteiger partial charge on any atom is 0.573 e.